The number of hydrogen-bond donors (Lipinski definition) is 2. The summed E-state index contributed by atoms with van der Waals surface area (Å²) in [7, 11) is 0. The zero-order valence-corrected chi connectivity index (χ0v) is 14.9. The molecule has 1 fully saturated rings. The lowest BCUT2D eigenvalue weighted by Crippen LogP contribution is -2.53. The van der Waals surface area contributed by atoms with E-state index >= 15 is 0 Å². The third-order valence-electron chi connectivity index (χ3n) is 4.11. The summed E-state index contributed by atoms with van der Waals surface area (Å²) in [5.74, 6) is 0.164. The Kier molecular flexibility index (Phi) is 6.41. The molecule has 1 aliphatic heterocycles. The van der Waals surface area contributed by atoms with Crippen LogP contribution in [0, 0.1) is 10.8 Å². The van der Waals surface area contributed by atoms with Crippen molar-refractivity contribution in [2.75, 3.05) is 13.2 Å². The first-order valence-corrected chi connectivity index (χ1v) is 8.22. The van der Waals surface area contributed by atoms with Crippen LogP contribution in [0.2, 0.25) is 0 Å². The zero-order chi connectivity index (χ0) is 17.0. The van der Waals surface area contributed by atoms with Crippen LogP contribution in [0.15, 0.2) is 0 Å². The molecule has 0 saturated carbocycles. The Morgan fingerprint density at radius 1 is 1.18 bits per heavy atom. The molecule has 0 aromatic rings. The van der Waals surface area contributed by atoms with Crippen molar-refractivity contribution in [2.24, 2.45) is 10.8 Å². The van der Waals surface area contributed by atoms with E-state index in [1.54, 1.807) is 0 Å². The molecule has 0 spiro atoms. The highest BCUT2D eigenvalue weighted by Crippen LogP contribution is 2.29. The van der Waals surface area contributed by atoms with Crippen LogP contribution in [0.3, 0.4) is 0 Å². The number of rotatable bonds is 8. The second-order valence-corrected chi connectivity index (χ2v) is 8.03. The number of hydrogen-bond acceptors (Lipinski definition) is 3. The summed E-state index contributed by atoms with van der Waals surface area (Å²) in [4.78, 5) is 24.0. The van der Waals surface area contributed by atoms with E-state index in [4.69, 9.17) is 4.74 Å². The third-order valence-corrected chi connectivity index (χ3v) is 4.11. The fourth-order valence-electron chi connectivity index (χ4n) is 2.51. The van der Waals surface area contributed by atoms with Crippen LogP contribution in [-0.2, 0) is 14.3 Å². The number of amides is 2. The van der Waals surface area contributed by atoms with Crippen LogP contribution in [-0.4, -0.2) is 37.1 Å². The Morgan fingerprint density at radius 3 is 2.23 bits per heavy atom. The molecule has 0 aromatic heterocycles. The van der Waals surface area contributed by atoms with Gasteiger partial charge in [0, 0.05) is 18.5 Å². The van der Waals surface area contributed by atoms with Crippen LogP contribution < -0.4 is 10.6 Å². The number of carbonyl (C=O) groups excluding carboxylic acids is 2. The van der Waals surface area contributed by atoms with E-state index in [0.29, 0.717) is 19.6 Å². The molecule has 0 bridgehead atoms. The molecule has 1 heterocycles. The molecule has 1 unspecified atom stereocenters. The molecule has 0 radical (unpaired) electrons. The highest BCUT2D eigenvalue weighted by atomic mass is 16.5. The molecule has 2 amide bonds. The SMILES string of the molecule is CC(C)NC(=O)CC(C)(C)CCC(C)NC(=O)C1(C)COC1. The Balaban J connectivity index is 2.33. The van der Waals surface area contributed by atoms with Crippen LogP contribution in [0.25, 0.3) is 0 Å². The van der Waals surface area contributed by atoms with E-state index in [1.165, 1.54) is 0 Å². The standard InChI is InChI=1S/C17H32N2O3/c1-12(2)18-14(20)9-16(4,5)8-7-13(3)19-15(21)17(6)10-22-11-17/h12-13H,7-11H2,1-6H3,(H,18,20)(H,19,21). The van der Waals surface area contributed by atoms with Gasteiger partial charge in [0.25, 0.3) is 0 Å². The van der Waals surface area contributed by atoms with Crippen molar-refractivity contribution in [3.63, 3.8) is 0 Å². The van der Waals surface area contributed by atoms with Crippen LogP contribution >= 0.6 is 0 Å². The maximum Gasteiger partial charge on any atom is 0.230 e. The van der Waals surface area contributed by atoms with Gasteiger partial charge in [-0.05, 0) is 46.0 Å². The summed E-state index contributed by atoms with van der Waals surface area (Å²) >= 11 is 0. The van der Waals surface area contributed by atoms with Gasteiger partial charge in [0.15, 0.2) is 0 Å². The topological polar surface area (TPSA) is 67.4 Å². The Labute approximate surface area is 134 Å². The minimum Gasteiger partial charge on any atom is -0.379 e. The summed E-state index contributed by atoms with van der Waals surface area (Å²) in [6, 6.07) is 0.282. The molecule has 1 atom stereocenters. The lowest BCUT2D eigenvalue weighted by Gasteiger charge is -2.37. The summed E-state index contributed by atoms with van der Waals surface area (Å²) < 4.78 is 5.12. The zero-order valence-electron chi connectivity index (χ0n) is 14.9. The third kappa shape index (κ3) is 5.95. The first-order valence-electron chi connectivity index (χ1n) is 8.22. The Hall–Kier alpha value is -1.10. The summed E-state index contributed by atoms with van der Waals surface area (Å²) in [5, 5.41) is 5.99. The monoisotopic (exact) mass is 312 g/mol. The van der Waals surface area contributed by atoms with Gasteiger partial charge < -0.3 is 15.4 Å². The molecule has 5 heteroatoms. The van der Waals surface area contributed by atoms with E-state index in [9.17, 15) is 9.59 Å². The fraction of sp³-hybridized carbons (Fsp3) is 0.882. The van der Waals surface area contributed by atoms with Gasteiger partial charge in [0.2, 0.25) is 11.8 Å². The predicted molar refractivity (Wildman–Crippen MR) is 87.4 cm³/mol. The average molecular weight is 312 g/mol. The number of nitrogens with one attached hydrogen (secondary N) is 2. The van der Waals surface area contributed by atoms with Gasteiger partial charge in [0.05, 0.1) is 18.6 Å². The van der Waals surface area contributed by atoms with Crippen LogP contribution in [0.4, 0.5) is 0 Å². The molecule has 5 nitrogen and oxygen atoms in total. The molecule has 0 aromatic carbocycles. The maximum atomic E-state index is 12.1. The summed E-state index contributed by atoms with van der Waals surface area (Å²) in [5.41, 5.74) is -0.428. The summed E-state index contributed by atoms with van der Waals surface area (Å²) in [6.07, 6.45) is 2.27. The molecular formula is C17H32N2O3. The van der Waals surface area contributed by atoms with Gasteiger partial charge in [-0.1, -0.05) is 13.8 Å². The van der Waals surface area contributed by atoms with E-state index in [2.05, 4.69) is 24.5 Å². The van der Waals surface area contributed by atoms with E-state index in [-0.39, 0.29) is 34.7 Å². The smallest absolute Gasteiger partial charge is 0.230 e. The lowest BCUT2D eigenvalue weighted by molar-refractivity contribution is -0.158. The van der Waals surface area contributed by atoms with Crippen molar-refractivity contribution >= 4 is 11.8 Å². The van der Waals surface area contributed by atoms with Crippen LogP contribution in [0.1, 0.15) is 60.8 Å². The molecule has 1 rings (SSSR count). The fourth-order valence-corrected chi connectivity index (χ4v) is 2.51. The molecule has 22 heavy (non-hydrogen) atoms. The second-order valence-electron chi connectivity index (χ2n) is 8.03. The van der Waals surface area contributed by atoms with Gasteiger partial charge >= 0.3 is 0 Å². The minimum absolute atomic E-state index is 0.0680. The van der Waals surface area contributed by atoms with Crippen molar-refractivity contribution < 1.29 is 14.3 Å². The number of ether oxygens (including phenoxy) is 1. The van der Waals surface area contributed by atoms with Crippen molar-refractivity contribution in [1.29, 1.82) is 0 Å². The molecule has 1 saturated heterocycles. The van der Waals surface area contributed by atoms with Crippen molar-refractivity contribution in [2.45, 2.75) is 72.9 Å². The van der Waals surface area contributed by atoms with E-state index in [1.807, 2.05) is 27.7 Å². The largest absolute Gasteiger partial charge is 0.379 e. The Morgan fingerprint density at radius 2 is 1.77 bits per heavy atom. The molecule has 2 N–H and O–H groups in total. The van der Waals surface area contributed by atoms with Gasteiger partial charge in [-0.2, -0.15) is 0 Å². The maximum absolute atomic E-state index is 12.1. The first-order chi connectivity index (χ1) is 10.0. The van der Waals surface area contributed by atoms with Crippen LogP contribution in [0.5, 0.6) is 0 Å². The van der Waals surface area contributed by atoms with Gasteiger partial charge in [-0.15, -0.1) is 0 Å². The van der Waals surface area contributed by atoms with Crippen molar-refractivity contribution in [3.05, 3.63) is 0 Å². The normalized spacial score (nSPS) is 18.5. The molecular weight excluding hydrogens is 280 g/mol. The average Bonchev–Trinajstić information content (AvgIpc) is 2.31. The van der Waals surface area contributed by atoms with Gasteiger partial charge in [0.1, 0.15) is 0 Å². The highest BCUT2D eigenvalue weighted by Gasteiger charge is 2.41. The summed E-state index contributed by atoms with van der Waals surface area (Å²) in [6.45, 7) is 13.1. The highest BCUT2D eigenvalue weighted by molar-refractivity contribution is 5.83. The van der Waals surface area contributed by atoms with Gasteiger partial charge in [-0.25, -0.2) is 0 Å². The van der Waals surface area contributed by atoms with E-state index in [0.717, 1.165) is 12.8 Å². The predicted octanol–water partition coefficient (Wildman–Crippen LogP) is 2.25. The van der Waals surface area contributed by atoms with E-state index < -0.39 is 0 Å². The van der Waals surface area contributed by atoms with Gasteiger partial charge in [-0.3, -0.25) is 9.59 Å². The Bertz CT molecular complexity index is 401. The second kappa shape index (κ2) is 7.44. The molecule has 128 valence electrons. The number of carbonyl (C=O) groups is 2. The minimum atomic E-state index is -0.360. The van der Waals surface area contributed by atoms with Crippen molar-refractivity contribution in [1.82, 2.24) is 10.6 Å². The van der Waals surface area contributed by atoms with Crippen molar-refractivity contribution in [3.8, 4) is 0 Å². The molecule has 1 aliphatic rings. The molecule has 0 aliphatic carbocycles. The first kappa shape index (κ1) is 18.9. The lowest BCUT2D eigenvalue weighted by atomic mass is 9.82. The quantitative estimate of drug-likeness (QED) is 0.722.